The highest BCUT2D eigenvalue weighted by molar-refractivity contribution is 6.30. The smallest absolute Gasteiger partial charge is 0.304 e. The van der Waals surface area contributed by atoms with E-state index in [9.17, 15) is 4.79 Å². The van der Waals surface area contributed by atoms with Gasteiger partial charge >= 0.3 is 5.97 Å². The summed E-state index contributed by atoms with van der Waals surface area (Å²) in [6.07, 6.45) is 0.954. The van der Waals surface area contributed by atoms with Crippen LogP contribution in [0, 0.1) is 6.92 Å². The van der Waals surface area contributed by atoms with Crippen molar-refractivity contribution in [3.05, 3.63) is 106 Å². The second-order valence-corrected chi connectivity index (χ2v) is 7.91. The van der Waals surface area contributed by atoms with Crippen molar-refractivity contribution in [3.8, 4) is 0 Å². The largest absolute Gasteiger partial charge is 0.481 e. The van der Waals surface area contributed by atoms with Crippen LogP contribution in [0.5, 0.6) is 0 Å². The SMILES string of the molecule is Cc1cccc(CN(CCC(=O)O)Cc2cccc(Cc3cccc(Cl)c3)c2)c1. The number of hydrogen-bond acceptors (Lipinski definition) is 2. The van der Waals surface area contributed by atoms with Gasteiger partial charge in [-0.2, -0.15) is 0 Å². The van der Waals surface area contributed by atoms with Gasteiger partial charge in [0.1, 0.15) is 0 Å². The number of carbonyl (C=O) groups is 1. The molecule has 0 atom stereocenters. The fourth-order valence-electron chi connectivity index (χ4n) is 3.52. The number of rotatable bonds is 9. The Hall–Kier alpha value is -2.62. The molecule has 0 aliphatic heterocycles. The molecule has 3 aromatic carbocycles. The van der Waals surface area contributed by atoms with Crippen LogP contribution in [-0.2, 0) is 24.3 Å². The Morgan fingerprint density at radius 2 is 1.45 bits per heavy atom. The van der Waals surface area contributed by atoms with Crippen LogP contribution in [0.2, 0.25) is 5.02 Å². The number of benzene rings is 3. The van der Waals surface area contributed by atoms with Crippen LogP contribution in [0.1, 0.15) is 34.2 Å². The summed E-state index contributed by atoms with van der Waals surface area (Å²) in [5, 5.41) is 9.88. The van der Waals surface area contributed by atoms with Crippen molar-refractivity contribution >= 4 is 17.6 Å². The van der Waals surface area contributed by atoms with Crippen molar-refractivity contribution in [1.82, 2.24) is 4.90 Å². The topological polar surface area (TPSA) is 40.5 Å². The Balaban J connectivity index is 1.73. The van der Waals surface area contributed by atoms with Gasteiger partial charge in [-0.05, 0) is 47.7 Å². The third kappa shape index (κ3) is 7.04. The maximum absolute atomic E-state index is 11.1. The molecular weight excluding hydrogens is 382 g/mol. The second kappa shape index (κ2) is 10.2. The zero-order chi connectivity index (χ0) is 20.6. The summed E-state index contributed by atoms with van der Waals surface area (Å²) < 4.78 is 0. The third-order valence-electron chi connectivity index (χ3n) is 4.83. The van der Waals surface area contributed by atoms with Gasteiger partial charge in [0.25, 0.3) is 0 Å². The van der Waals surface area contributed by atoms with E-state index < -0.39 is 5.97 Å². The van der Waals surface area contributed by atoms with Crippen LogP contribution in [0.3, 0.4) is 0 Å². The first kappa shape index (κ1) is 21.1. The second-order valence-electron chi connectivity index (χ2n) is 7.47. The molecule has 0 heterocycles. The molecule has 3 nitrogen and oxygen atoms in total. The van der Waals surface area contributed by atoms with Crippen molar-refractivity contribution in [3.63, 3.8) is 0 Å². The lowest BCUT2D eigenvalue weighted by molar-refractivity contribution is -0.137. The Labute approximate surface area is 177 Å². The van der Waals surface area contributed by atoms with Gasteiger partial charge in [-0.1, -0.05) is 77.8 Å². The number of halogens is 1. The van der Waals surface area contributed by atoms with Crippen molar-refractivity contribution in [2.75, 3.05) is 6.54 Å². The van der Waals surface area contributed by atoms with Gasteiger partial charge in [-0.15, -0.1) is 0 Å². The van der Waals surface area contributed by atoms with Crippen molar-refractivity contribution in [2.24, 2.45) is 0 Å². The zero-order valence-corrected chi connectivity index (χ0v) is 17.4. The molecule has 0 saturated carbocycles. The minimum atomic E-state index is -0.769. The maximum Gasteiger partial charge on any atom is 0.304 e. The van der Waals surface area contributed by atoms with Gasteiger partial charge in [0.15, 0.2) is 0 Å². The van der Waals surface area contributed by atoms with Gasteiger partial charge in [0.2, 0.25) is 0 Å². The average molecular weight is 408 g/mol. The Bertz CT molecular complexity index is 970. The quantitative estimate of drug-likeness (QED) is 0.493. The van der Waals surface area contributed by atoms with E-state index >= 15 is 0 Å². The van der Waals surface area contributed by atoms with E-state index in [1.54, 1.807) is 0 Å². The van der Waals surface area contributed by atoms with Crippen LogP contribution in [0.25, 0.3) is 0 Å². The minimum absolute atomic E-state index is 0.133. The van der Waals surface area contributed by atoms with E-state index in [1.165, 1.54) is 27.8 Å². The normalized spacial score (nSPS) is 11.0. The highest BCUT2D eigenvalue weighted by Crippen LogP contribution is 2.17. The predicted octanol–water partition coefficient (Wildman–Crippen LogP) is 5.72. The highest BCUT2D eigenvalue weighted by Gasteiger charge is 2.10. The summed E-state index contributed by atoms with van der Waals surface area (Å²) >= 11 is 6.10. The molecule has 0 bridgehead atoms. The number of carboxylic acids is 1. The zero-order valence-electron chi connectivity index (χ0n) is 16.6. The van der Waals surface area contributed by atoms with E-state index in [-0.39, 0.29) is 6.42 Å². The summed E-state index contributed by atoms with van der Waals surface area (Å²) in [5.74, 6) is -0.769. The van der Waals surface area contributed by atoms with Crippen LogP contribution >= 0.6 is 11.6 Å². The van der Waals surface area contributed by atoms with Crippen molar-refractivity contribution in [2.45, 2.75) is 32.9 Å². The molecule has 29 heavy (non-hydrogen) atoms. The standard InChI is InChI=1S/C25H26ClNO2/c1-19-5-2-8-22(13-19)17-27(12-11-25(28)29)18-23-9-3-6-20(15-23)14-21-7-4-10-24(26)16-21/h2-10,13,15-16H,11-12,14,17-18H2,1H3,(H,28,29). The lowest BCUT2D eigenvalue weighted by atomic mass is 10.0. The molecular formula is C25H26ClNO2. The van der Waals surface area contributed by atoms with Gasteiger partial charge in [0, 0.05) is 24.7 Å². The number of carboxylic acid groups (broad SMARTS) is 1. The number of aliphatic carboxylic acids is 1. The molecule has 0 saturated heterocycles. The summed E-state index contributed by atoms with van der Waals surface area (Å²) in [7, 11) is 0. The van der Waals surface area contributed by atoms with Crippen LogP contribution < -0.4 is 0 Å². The average Bonchev–Trinajstić information content (AvgIpc) is 2.66. The molecule has 0 aliphatic rings. The summed E-state index contributed by atoms with van der Waals surface area (Å²) in [6, 6.07) is 24.8. The highest BCUT2D eigenvalue weighted by atomic mass is 35.5. The van der Waals surface area contributed by atoms with Crippen LogP contribution in [-0.4, -0.2) is 22.5 Å². The Morgan fingerprint density at radius 3 is 2.10 bits per heavy atom. The Morgan fingerprint density at radius 1 is 0.862 bits per heavy atom. The van der Waals surface area contributed by atoms with Crippen molar-refractivity contribution in [1.29, 1.82) is 0 Å². The first-order valence-electron chi connectivity index (χ1n) is 9.80. The first-order valence-corrected chi connectivity index (χ1v) is 10.2. The van der Waals surface area contributed by atoms with E-state index in [0.29, 0.717) is 13.1 Å². The lowest BCUT2D eigenvalue weighted by Gasteiger charge is -2.22. The van der Waals surface area contributed by atoms with Gasteiger partial charge in [0.05, 0.1) is 6.42 Å². The molecule has 4 heteroatoms. The predicted molar refractivity (Wildman–Crippen MR) is 118 cm³/mol. The number of nitrogens with zero attached hydrogens (tertiary/aromatic N) is 1. The van der Waals surface area contributed by atoms with E-state index in [4.69, 9.17) is 16.7 Å². The van der Waals surface area contributed by atoms with Crippen molar-refractivity contribution < 1.29 is 9.90 Å². The molecule has 150 valence electrons. The minimum Gasteiger partial charge on any atom is -0.481 e. The summed E-state index contributed by atoms with van der Waals surface area (Å²) in [6.45, 7) is 4.03. The van der Waals surface area contributed by atoms with E-state index in [0.717, 1.165) is 18.0 Å². The fraction of sp³-hybridized carbons (Fsp3) is 0.240. The van der Waals surface area contributed by atoms with E-state index in [2.05, 4.69) is 60.4 Å². The van der Waals surface area contributed by atoms with E-state index in [1.807, 2.05) is 24.3 Å². The number of hydrogen-bond donors (Lipinski definition) is 1. The Kier molecular flexibility index (Phi) is 7.45. The molecule has 3 rings (SSSR count). The monoisotopic (exact) mass is 407 g/mol. The number of aryl methyl sites for hydroxylation is 1. The van der Waals surface area contributed by atoms with Crippen LogP contribution in [0.4, 0.5) is 0 Å². The molecule has 3 aromatic rings. The third-order valence-corrected chi connectivity index (χ3v) is 5.06. The molecule has 0 fully saturated rings. The van der Waals surface area contributed by atoms with Gasteiger partial charge in [-0.3, -0.25) is 9.69 Å². The van der Waals surface area contributed by atoms with Gasteiger partial charge < -0.3 is 5.11 Å². The fourth-order valence-corrected chi connectivity index (χ4v) is 3.73. The molecule has 0 amide bonds. The summed E-state index contributed by atoms with van der Waals surface area (Å²) in [5.41, 5.74) is 5.99. The summed E-state index contributed by atoms with van der Waals surface area (Å²) in [4.78, 5) is 13.3. The molecule has 0 aliphatic carbocycles. The molecule has 0 unspecified atom stereocenters. The maximum atomic E-state index is 11.1. The van der Waals surface area contributed by atoms with Crippen LogP contribution in [0.15, 0.2) is 72.8 Å². The molecule has 0 radical (unpaired) electrons. The molecule has 0 aromatic heterocycles. The lowest BCUT2D eigenvalue weighted by Crippen LogP contribution is -2.25. The first-order chi connectivity index (χ1) is 14.0. The van der Waals surface area contributed by atoms with Gasteiger partial charge in [-0.25, -0.2) is 0 Å². The molecule has 0 spiro atoms. The molecule has 1 N–H and O–H groups in total.